The number of nitrogens with zero attached hydrogens (tertiary/aromatic N) is 2. The van der Waals surface area contributed by atoms with Gasteiger partial charge in [0.2, 0.25) is 11.8 Å². The van der Waals surface area contributed by atoms with E-state index in [1.807, 2.05) is 4.90 Å². The van der Waals surface area contributed by atoms with E-state index in [4.69, 9.17) is 0 Å². The molecule has 2 saturated heterocycles. The van der Waals surface area contributed by atoms with Crippen LogP contribution in [-0.2, 0) is 9.59 Å². The molecule has 0 aliphatic carbocycles. The third-order valence-electron chi connectivity index (χ3n) is 4.75. The number of likely N-dealkylation sites (tertiary alicyclic amines) is 1. The van der Waals surface area contributed by atoms with Crippen LogP contribution in [0.15, 0.2) is 24.3 Å². The molecular formula is C18H22N2O3. The van der Waals surface area contributed by atoms with Crippen LogP contribution in [0.5, 0.6) is 0 Å². The maximum absolute atomic E-state index is 12.7. The second-order valence-corrected chi connectivity index (χ2v) is 6.62. The van der Waals surface area contributed by atoms with Crippen LogP contribution < -0.4 is 4.90 Å². The molecule has 0 spiro atoms. The Morgan fingerprint density at radius 1 is 1.09 bits per heavy atom. The Labute approximate surface area is 136 Å². The predicted octanol–water partition coefficient (Wildman–Crippen LogP) is 2.60. The Bertz CT molecular complexity index is 620. The first-order valence-corrected chi connectivity index (χ1v) is 8.26. The average Bonchev–Trinajstić information content (AvgIpc) is 3.14. The Morgan fingerprint density at radius 2 is 1.70 bits per heavy atom. The predicted molar refractivity (Wildman–Crippen MR) is 87.1 cm³/mol. The van der Waals surface area contributed by atoms with Crippen LogP contribution in [-0.4, -0.2) is 35.2 Å². The quantitative estimate of drug-likeness (QED) is 0.806. The first-order chi connectivity index (χ1) is 11.0. The lowest BCUT2D eigenvalue weighted by Crippen LogP contribution is -2.38. The Kier molecular flexibility index (Phi) is 4.20. The highest BCUT2D eigenvalue weighted by atomic mass is 16.2. The molecule has 1 atom stereocenters. The smallest absolute Gasteiger partial charge is 0.254 e. The van der Waals surface area contributed by atoms with E-state index in [0.717, 1.165) is 19.4 Å². The fourth-order valence-corrected chi connectivity index (χ4v) is 3.52. The summed E-state index contributed by atoms with van der Waals surface area (Å²) in [6, 6.07) is 7.10. The molecule has 2 aliphatic rings. The highest BCUT2D eigenvalue weighted by molar-refractivity contribution is 6.19. The van der Waals surface area contributed by atoms with E-state index in [1.165, 1.54) is 4.90 Å². The largest absolute Gasteiger partial charge is 0.335 e. The second-order valence-electron chi connectivity index (χ2n) is 6.62. The van der Waals surface area contributed by atoms with E-state index in [9.17, 15) is 14.4 Å². The van der Waals surface area contributed by atoms with E-state index >= 15 is 0 Å². The summed E-state index contributed by atoms with van der Waals surface area (Å²) >= 11 is 0. The molecule has 0 N–H and O–H groups in total. The van der Waals surface area contributed by atoms with Crippen LogP contribution in [0.3, 0.4) is 0 Å². The number of carbonyl (C=O) groups is 3. The van der Waals surface area contributed by atoms with Gasteiger partial charge in [-0.15, -0.1) is 0 Å². The second kappa shape index (κ2) is 6.14. The molecule has 5 nitrogen and oxygen atoms in total. The monoisotopic (exact) mass is 314 g/mol. The standard InChI is InChI=1S/C18H22N2O3/c1-12(2)15-4-3-11-19(15)18(23)13-5-7-14(8-6-13)20-16(21)9-10-17(20)22/h5-8,12,15H,3-4,9-11H2,1-2H3/t15-/m0/s1. The summed E-state index contributed by atoms with van der Waals surface area (Å²) in [5, 5.41) is 0. The van der Waals surface area contributed by atoms with Gasteiger partial charge in [-0.2, -0.15) is 0 Å². The van der Waals surface area contributed by atoms with Gasteiger partial charge in [-0.25, -0.2) is 0 Å². The number of hydrogen-bond donors (Lipinski definition) is 0. The molecule has 0 aromatic heterocycles. The third kappa shape index (κ3) is 2.87. The molecule has 0 radical (unpaired) electrons. The highest BCUT2D eigenvalue weighted by Gasteiger charge is 2.32. The summed E-state index contributed by atoms with van der Waals surface area (Å²) in [7, 11) is 0. The van der Waals surface area contributed by atoms with E-state index in [2.05, 4.69) is 13.8 Å². The van der Waals surface area contributed by atoms with E-state index in [1.54, 1.807) is 24.3 Å². The van der Waals surface area contributed by atoms with Crippen LogP contribution >= 0.6 is 0 Å². The molecule has 2 fully saturated rings. The van der Waals surface area contributed by atoms with Crippen molar-refractivity contribution in [2.24, 2.45) is 5.92 Å². The molecule has 1 aromatic rings. The molecule has 1 aromatic carbocycles. The lowest BCUT2D eigenvalue weighted by Gasteiger charge is -2.28. The summed E-state index contributed by atoms with van der Waals surface area (Å²) < 4.78 is 0. The van der Waals surface area contributed by atoms with Crippen molar-refractivity contribution in [3.05, 3.63) is 29.8 Å². The fraction of sp³-hybridized carbons (Fsp3) is 0.500. The van der Waals surface area contributed by atoms with Crippen LogP contribution in [0.4, 0.5) is 5.69 Å². The zero-order valence-corrected chi connectivity index (χ0v) is 13.6. The number of imide groups is 1. The van der Waals surface area contributed by atoms with Crippen molar-refractivity contribution in [2.75, 3.05) is 11.4 Å². The summed E-state index contributed by atoms with van der Waals surface area (Å²) in [6.07, 6.45) is 2.63. The molecule has 5 heteroatoms. The first kappa shape index (κ1) is 15.7. The summed E-state index contributed by atoms with van der Waals surface area (Å²) in [5.74, 6) is 0.134. The Balaban J connectivity index is 1.78. The van der Waals surface area contributed by atoms with E-state index < -0.39 is 0 Å². The minimum atomic E-state index is -0.173. The van der Waals surface area contributed by atoms with Gasteiger partial charge in [-0.3, -0.25) is 19.3 Å². The number of benzene rings is 1. The molecule has 2 heterocycles. The van der Waals surface area contributed by atoms with Crippen molar-refractivity contribution in [1.29, 1.82) is 0 Å². The topological polar surface area (TPSA) is 57.7 Å². The number of amides is 3. The van der Waals surface area contributed by atoms with Gasteiger partial charge in [-0.05, 0) is 43.0 Å². The van der Waals surface area contributed by atoms with Gasteiger partial charge in [0, 0.05) is 31.0 Å². The fourth-order valence-electron chi connectivity index (χ4n) is 3.52. The van der Waals surface area contributed by atoms with Gasteiger partial charge in [0.25, 0.3) is 5.91 Å². The van der Waals surface area contributed by atoms with Gasteiger partial charge < -0.3 is 4.90 Å². The van der Waals surface area contributed by atoms with Gasteiger partial charge in [0.05, 0.1) is 5.69 Å². The highest BCUT2D eigenvalue weighted by Crippen LogP contribution is 2.27. The number of carbonyl (C=O) groups excluding carboxylic acids is 3. The number of rotatable bonds is 3. The van der Waals surface area contributed by atoms with Crippen molar-refractivity contribution >= 4 is 23.4 Å². The van der Waals surface area contributed by atoms with Crippen molar-refractivity contribution in [3.63, 3.8) is 0 Å². The van der Waals surface area contributed by atoms with Crippen molar-refractivity contribution < 1.29 is 14.4 Å². The maximum Gasteiger partial charge on any atom is 0.254 e. The van der Waals surface area contributed by atoms with Crippen molar-refractivity contribution in [2.45, 2.75) is 45.6 Å². The first-order valence-electron chi connectivity index (χ1n) is 8.26. The molecule has 3 rings (SSSR count). The number of anilines is 1. The van der Waals surface area contributed by atoms with Crippen molar-refractivity contribution in [3.8, 4) is 0 Å². The molecule has 2 aliphatic heterocycles. The summed E-state index contributed by atoms with van der Waals surface area (Å²) in [5.41, 5.74) is 1.16. The van der Waals surface area contributed by atoms with Crippen LogP contribution in [0.25, 0.3) is 0 Å². The summed E-state index contributed by atoms with van der Waals surface area (Å²) in [4.78, 5) is 39.4. The number of hydrogen-bond acceptors (Lipinski definition) is 3. The van der Waals surface area contributed by atoms with Gasteiger partial charge in [0.1, 0.15) is 0 Å². The molecule has 0 bridgehead atoms. The van der Waals surface area contributed by atoms with E-state index in [0.29, 0.717) is 23.2 Å². The van der Waals surface area contributed by atoms with Gasteiger partial charge in [-0.1, -0.05) is 13.8 Å². The molecular weight excluding hydrogens is 292 g/mol. The molecule has 122 valence electrons. The molecule has 0 saturated carbocycles. The van der Waals surface area contributed by atoms with Crippen LogP contribution in [0.2, 0.25) is 0 Å². The SMILES string of the molecule is CC(C)[C@@H]1CCCN1C(=O)c1ccc(N2C(=O)CCC2=O)cc1. The Morgan fingerprint density at radius 3 is 2.26 bits per heavy atom. The minimum Gasteiger partial charge on any atom is -0.335 e. The maximum atomic E-state index is 12.7. The molecule has 3 amide bonds. The lowest BCUT2D eigenvalue weighted by atomic mass is 10.0. The summed E-state index contributed by atoms with van der Waals surface area (Å²) in [6.45, 7) is 5.08. The average molecular weight is 314 g/mol. The third-order valence-corrected chi connectivity index (χ3v) is 4.75. The molecule has 0 unspecified atom stereocenters. The lowest BCUT2D eigenvalue weighted by molar-refractivity contribution is -0.121. The van der Waals surface area contributed by atoms with Crippen LogP contribution in [0.1, 0.15) is 49.9 Å². The van der Waals surface area contributed by atoms with Crippen molar-refractivity contribution in [1.82, 2.24) is 4.90 Å². The zero-order valence-electron chi connectivity index (χ0n) is 13.6. The Hall–Kier alpha value is -2.17. The van der Waals surface area contributed by atoms with Crippen LogP contribution in [0, 0.1) is 5.92 Å². The zero-order chi connectivity index (χ0) is 16.6. The molecule has 23 heavy (non-hydrogen) atoms. The minimum absolute atomic E-state index is 0.0341. The van der Waals surface area contributed by atoms with Gasteiger partial charge in [0.15, 0.2) is 0 Å². The normalized spacial score (nSPS) is 21.6. The van der Waals surface area contributed by atoms with E-state index in [-0.39, 0.29) is 30.6 Å². The van der Waals surface area contributed by atoms with Gasteiger partial charge >= 0.3 is 0 Å².